The second-order valence-electron chi connectivity index (χ2n) is 13.3. The number of aryl methyl sites for hydroxylation is 2. The Balaban J connectivity index is 1.28. The van der Waals surface area contributed by atoms with Gasteiger partial charge in [-0.2, -0.15) is 0 Å². The quantitative estimate of drug-likeness (QED) is 0.225. The van der Waals surface area contributed by atoms with Crippen LogP contribution in [0.15, 0.2) is 97.1 Å². The van der Waals surface area contributed by atoms with E-state index >= 15 is 0 Å². The molecule has 10 heteroatoms. The number of amides is 4. The summed E-state index contributed by atoms with van der Waals surface area (Å²) >= 11 is 0. The maximum absolute atomic E-state index is 14.7. The molecule has 0 spiro atoms. The number of nitrogens with zero attached hydrogens (tertiary/aromatic N) is 4. The Bertz CT molecular complexity index is 1830. The van der Waals surface area contributed by atoms with Crippen molar-refractivity contribution in [3.63, 3.8) is 0 Å². The van der Waals surface area contributed by atoms with Crippen LogP contribution in [0.4, 0.5) is 11.4 Å². The average Bonchev–Trinajstić information content (AvgIpc) is 3.78. The third kappa shape index (κ3) is 4.77. The highest BCUT2D eigenvalue weighted by Crippen LogP contribution is 2.59. The molecule has 4 aromatic carbocycles. The zero-order valence-electron chi connectivity index (χ0n) is 28.4. The number of fused-ring (bicyclic) bond motifs is 5. The molecule has 4 aromatic rings. The van der Waals surface area contributed by atoms with Crippen LogP contribution < -0.4 is 19.3 Å². The molecule has 4 fully saturated rings. The highest BCUT2D eigenvalue weighted by Gasteiger charge is 2.73. The number of carbonyl (C=O) groups excluding carboxylic acids is 4. The van der Waals surface area contributed by atoms with Crippen LogP contribution in [0.2, 0.25) is 0 Å². The number of hydrazine groups is 1. The van der Waals surface area contributed by atoms with Gasteiger partial charge in [0.2, 0.25) is 11.8 Å². The number of anilines is 2. The minimum absolute atomic E-state index is 0.344. The molecule has 0 aromatic heterocycles. The first-order chi connectivity index (χ1) is 24.2. The van der Waals surface area contributed by atoms with Crippen molar-refractivity contribution in [2.45, 2.75) is 51.9 Å². The van der Waals surface area contributed by atoms with Crippen molar-refractivity contribution in [2.24, 2.45) is 11.8 Å². The van der Waals surface area contributed by atoms with E-state index in [1.807, 2.05) is 86.2 Å². The Kier molecular flexibility index (Phi) is 7.80. The van der Waals surface area contributed by atoms with Crippen molar-refractivity contribution >= 4 is 35.0 Å². The lowest BCUT2D eigenvalue weighted by molar-refractivity contribution is -0.136. The van der Waals surface area contributed by atoms with Gasteiger partial charge in [-0.3, -0.25) is 19.2 Å². The van der Waals surface area contributed by atoms with Gasteiger partial charge in [-0.25, -0.2) is 19.8 Å². The molecule has 4 aliphatic rings. The number of hydrogen-bond donors (Lipinski definition) is 0. The molecular formula is C40H38N4O6. The second kappa shape index (κ2) is 12.2. The van der Waals surface area contributed by atoms with Gasteiger partial charge in [-0.15, -0.1) is 0 Å². The fourth-order valence-corrected chi connectivity index (χ4v) is 8.25. The molecule has 0 N–H and O–H groups in total. The van der Waals surface area contributed by atoms with Crippen LogP contribution in [0, 0.1) is 25.7 Å². The number of hydrogen-bond acceptors (Lipinski definition) is 8. The SMILES string of the molecule is CCOc1ccc(N2C(=O)[C@H]3[C@@H](c4ccc(C)cc4)N4[C@H]5C(=O)N(c6ccc(OCC)cc6)C(=O)[C@H]5[C@@H](c5ccc(C)cc5)N4[C@H]3C2=O)cc1. The van der Waals surface area contributed by atoms with Crippen LogP contribution in [-0.2, 0) is 19.2 Å². The standard InChI is InChI=1S/C40H38N4O6/c1-5-49-29-19-15-27(16-20-29)41-37(45)31-33(25-11-7-23(3)8-12-25)44-36-32(34(43(44)35(31)39(41)47)26-13-9-24(4)10-14-26)38(46)42(40(36)48)28-17-21-30(22-18-28)50-6-2/h7-22,31-36H,5-6H2,1-4H3/t31-,32-,33+,34+,35+,36+/m0/s1. The highest BCUT2D eigenvalue weighted by atomic mass is 16.5. The minimum Gasteiger partial charge on any atom is -0.494 e. The van der Waals surface area contributed by atoms with E-state index in [0.29, 0.717) is 36.1 Å². The van der Waals surface area contributed by atoms with Crippen molar-refractivity contribution < 1.29 is 28.7 Å². The van der Waals surface area contributed by atoms with Crippen molar-refractivity contribution in [2.75, 3.05) is 23.0 Å². The van der Waals surface area contributed by atoms with Crippen molar-refractivity contribution in [3.8, 4) is 11.5 Å². The minimum atomic E-state index is -0.934. The van der Waals surface area contributed by atoms with Gasteiger partial charge in [0.1, 0.15) is 23.6 Å². The Morgan fingerprint density at radius 2 is 0.800 bits per heavy atom. The zero-order valence-corrected chi connectivity index (χ0v) is 28.4. The van der Waals surface area contributed by atoms with Gasteiger partial charge in [0, 0.05) is 0 Å². The summed E-state index contributed by atoms with van der Waals surface area (Å²) in [4.78, 5) is 61.2. The third-order valence-corrected chi connectivity index (χ3v) is 10.4. The molecule has 4 saturated heterocycles. The topological polar surface area (TPSA) is 99.7 Å². The monoisotopic (exact) mass is 670 g/mol. The van der Waals surface area contributed by atoms with E-state index in [1.165, 1.54) is 9.80 Å². The molecule has 4 heterocycles. The summed E-state index contributed by atoms with van der Waals surface area (Å²) in [6.07, 6.45) is 0. The van der Waals surface area contributed by atoms with Crippen LogP contribution in [0.5, 0.6) is 11.5 Å². The first-order valence-corrected chi connectivity index (χ1v) is 17.1. The number of rotatable bonds is 8. The molecule has 6 atom stereocenters. The molecule has 4 aliphatic heterocycles. The Morgan fingerprint density at radius 3 is 1.12 bits per heavy atom. The van der Waals surface area contributed by atoms with Crippen LogP contribution in [0.3, 0.4) is 0 Å². The normalized spacial score (nSPS) is 26.1. The molecule has 4 amide bonds. The summed E-state index contributed by atoms with van der Waals surface area (Å²) in [5.41, 5.74) is 4.57. The van der Waals surface area contributed by atoms with Gasteiger partial charge >= 0.3 is 0 Å². The molecule has 254 valence electrons. The van der Waals surface area contributed by atoms with Gasteiger partial charge in [0.05, 0.1) is 48.5 Å². The van der Waals surface area contributed by atoms with E-state index in [-0.39, 0.29) is 23.6 Å². The van der Waals surface area contributed by atoms with E-state index in [9.17, 15) is 19.2 Å². The number of benzene rings is 4. The van der Waals surface area contributed by atoms with Gasteiger partial charge in [-0.1, -0.05) is 59.7 Å². The summed E-state index contributed by atoms with van der Waals surface area (Å²) < 4.78 is 11.2. The van der Waals surface area contributed by atoms with E-state index in [4.69, 9.17) is 9.47 Å². The Morgan fingerprint density at radius 1 is 0.460 bits per heavy atom. The van der Waals surface area contributed by atoms with Crippen LogP contribution in [-0.4, -0.2) is 58.9 Å². The van der Waals surface area contributed by atoms with E-state index in [1.54, 1.807) is 48.5 Å². The lowest BCUT2D eigenvalue weighted by Gasteiger charge is -2.35. The predicted molar refractivity (Wildman–Crippen MR) is 186 cm³/mol. The van der Waals surface area contributed by atoms with E-state index < -0.39 is 36.0 Å². The molecule has 0 radical (unpaired) electrons. The fraction of sp³-hybridized carbons (Fsp3) is 0.300. The zero-order chi connectivity index (χ0) is 34.8. The third-order valence-electron chi connectivity index (χ3n) is 10.4. The molecule has 8 rings (SSSR count). The Hall–Kier alpha value is -5.32. The molecule has 50 heavy (non-hydrogen) atoms. The molecule has 0 bridgehead atoms. The number of imide groups is 2. The maximum atomic E-state index is 14.7. The summed E-state index contributed by atoms with van der Waals surface area (Å²) in [6.45, 7) is 8.73. The lowest BCUT2D eigenvalue weighted by atomic mass is 9.84. The number of ether oxygens (including phenoxy) is 2. The summed E-state index contributed by atoms with van der Waals surface area (Å²) in [5, 5.41) is 3.80. The summed E-state index contributed by atoms with van der Waals surface area (Å²) in [5.74, 6) is -1.83. The smallest absolute Gasteiger partial charge is 0.253 e. The van der Waals surface area contributed by atoms with Gasteiger partial charge < -0.3 is 9.47 Å². The van der Waals surface area contributed by atoms with Crippen molar-refractivity contribution in [1.82, 2.24) is 10.0 Å². The summed E-state index contributed by atoms with van der Waals surface area (Å²) in [6, 6.07) is 26.4. The lowest BCUT2D eigenvalue weighted by Crippen LogP contribution is -2.50. The number of carbonyl (C=O) groups is 4. The molecule has 10 nitrogen and oxygen atoms in total. The maximum Gasteiger partial charge on any atom is 0.253 e. The fourth-order valence-electron chi connectivity index (χ4n) is 8.25. The van der Waals surface area contributed by atoms with Gasteiger partial charge in [0.25, 0.3) is 11.8 Å². The summed E-state index contributed by atoms with van der Waals surface area (Å²) in [7, 11) is 0. The predicted octanol–water partition coefficient (Wildman–Crippen LogP) is 5.55. The van der Waals surface area contributed by atoms with Crippen LogP contribution in [0.25, 0.3) is 0 Å². The van der Waals surface area contributed by atoms with Crippen LogP contribution in [0.1, 0.15) is 48.2 Å². The van der Waals surface area contributed by atoms with E-state index in [0.717, 1.165) is 22.3 Å². The largest absolute Gasteiger partial charge is 0.494 e. The van der Waals surface area contributed by atoms with Gasteiger partial charge in [-0.05, 0) is 87.4 Å². The van der Waals surface area contributed by atoms with Crippen LogP contribution >= 0.6 is 0 Å². The van der Waals surface area contributed by atoms with Gasteiger partial charge in [0.15, 0.2) is 0 Å². The second-order valence-corrected chi connectivity index (χ2v) is 13.3. The first-order valence-electron chi connectivity index (χ1n) is 17.1. The molecule has 0 aliphatic carbocycles. The molecule has 0 unspecified atom stereocenters. The molecular weight excluding hydrogens is 632 g/mol. The Labute approximate surface area is 290 Å². The molecule has 0 saturated carbocycles. The highest BCUT2D eigenvalue weighted by molar-refractivity contribution is 6.26. The first kappa shape index (κ1) is 31.9. The van der Waals surface area contributed by atoms with Crippen molar-refractivity contribution in [3.05, 3.63) is 119 Å². The van der Waals surface area contributed by atoms with E-state index in [2.05, 4.69) is 0 Å². The average molecular weight is 671 g/mol. The van der Waals surface area contributed by atoms with Crippen molar-refractivity contribution in [1.29, 1.82) is 0 Å².